The Hall–Kier alpha value is -0.610. The van der Waals surface area contributed by atoms with Crippen molar-refractivity contribution < 1.29 is 0 Å². The topological polar surface area (TPSA) is 28.2 Å². The van der Waals surface area contributed by atoms with Gasteiger partial charge in [-0.25, -0.2) is 0 Å². The van der Waals surface area contributed by atoms with Gasteiger partial charge in [-0.1, -0.05) is 6.92 Å². The third-order valence-corrected chi connectivity index (χ3v) is 2.96. The highest BCUT2D eigenvalue weighted by molar-refractivity contribution is 7.10. The SMILES string of the molecule is CCNCCN(C)c1sncc1C. The molecular weight excluding hydrogens is 182 g/mol. The summed E-state index contributed by atoms with van der Waals surface area (Å²) in [6.45, 7) is 7.33. The Morgan fingerprint density at radius 3 is 2.92 bits per heavy atom. The van der Waals surface area contributed by atoms with Crippen molar-refractivity contribution in [2.45, 2.75) is 13.8 Å². The maximum absolute atomic E-state index is 4.15. The van der Waals surface area contributed by atoms with Gasteiger partial charge < -0.3 is 10.2 Å². The molecule has 0 aliphatic rings. The van der Waals surface area contributed by atoms with Crippen LogP contribution in [0.25, 0.3) is 0 Å². The van der Waals surface area contributed by atoms with E-state index in [0.29, 0.717) is 0 Å². The quantitative estimate of drug-likeness (QED) is 0.728. The molecule has 0 spiro atoms. The van der Waals surface area contributed by atoms with Crippen molar-refractivity contribution in [1.29, 1.82) is 0 Å². The lowest BCUT2D eigenvalue weighted by atomic mass is 10.4. The van der Waals surface area contributed by atoms with E-state index in [4.69, 9.17) is 0 Å². The third-order valence-electron chi connectivity index (χ3n) is 1.94. The number of aromatic nitrogens is 1. The average Bonchev–Trinajstić information content (AvgIpc) is 2.52. The zero-order valence-corrected chi connectivity index (χ0v) is 9.32. The Morgan fingerprint density at radius 2 is 2.38 bits per heavy atom. The largest absolute Gasteiger partial charge is 0.364 e. The number of nitrogens with zero attached hydrogens (tertiary/aromatic N) is 2. The van der Waals surface area contributed by atoms with Crippen LogP contribution in [0.4, 0.5) is 5.00 Å². The highest BCUT2D eigenvalue weighted by Crippen LogP contribution is 2.22. The number of likely N-dealkylation sites (N-methyl/N-ethyl adjacent to an activating group) is 2. The summed E-state index contributed by atoms with van der Waals surface area (Å²) in [6.07, 6.45) is 1.92. The Kier molecular flexibility index (Phi) is 4.18. The zero-order chi connectivity index (χ0) is 9.68. The number of rotatable bonds is 5. The monoisotopic (exact) mass is 199 g/mol. The minimum absolute atomic E-state index is 1.03. The summed E-state index contributed by atoms with van der Waals surface area (Å²) in [5.74, 6) is 0. The molecule has 0 saturated heterocycles. The van der Waals surface area contributed by atoms with E-state index >= 15 is 0 Å². The fourth-order valence-corrected chi connectivity index (χ4v) is 1.92. The highest BCUT2D eigenvalue weighted by atomic mass is 32.1. The zero-order valence-electron chi connectivity index (χ0n) is 8.50. The van der Waals surface area contributed by atoms with Crippen LogP contribution in [-0.4, -0.2) is 31.1 Å². The van der Waals surface area contributed by atoms with Crippen LogP contribution in [0.1, 0.15) is 12.5 Å². The van der Waals surface area contributed by atoms with Gasteiger partial charge in [0.15, 0.2) is 0 Å². The van der Waals surface area contributed by atoms with E-state index in [1.54, 1.807) is 11.5 Å². The molecule has 0 amide bonds. The maximum Gasteiger partial charge on any atom is 0.114 e. The lowest BCUT2D eigenvalue weighted by molar-refractivity contribution is 0.707. The van der Waals surface area contributed by atoms with E-state index in [-0.39, 0.29) is 0 Å². The smallest absolute Gasteiger partial charge is 0.114 e. The molecule has 1 rings (SSSR count). The van der Waals surface area contributed by atoms with Crippen LogP contribution in [0.5, 0.6) is 0 Å². The molecule has 0 fully saturated rings. The molecule has 0 aromatic carbocycles. The molecule has 0 unspecified atom stereocenters. The second-order valence-electron chi connectivity index (χ2n) is 3.09. The van der Waals surface area contributed by atoms with Gasteiger partial charge in [0.05, 0.1) is 0 Å². The Morgan fingerprint density at radius 1 is 1.62 bits per heavy atom. The van der Waals surface area contributed by atoms with Crippen molar-refractivity contribution in [3.05, 3.63) is 11.8 Å². The van der Waals surface area contributed by atoms with Crippen molar-refractivity contribution in [3.8, 4) is 0 Å². The molecule has 1 aromatic rings. The molecule has 4 heteroatoms. The second kappa shape index (κ2) is 5.19. The van der Waals surface area contributed by atoms with Crippen LogP contribution >= 0.6 is 11.5 Å². The first-order chi connectivity index (χ1) is 6.25. The Bertz CT molecular complexity index is 247. The fraction of sp³-hybridized carbons (Fsp3) is 0.667. The lowest BCUT2D eigenvalue weighted by Crippen LogP contribution is -2.28. The van der Waals surface area contributed by atoms with Crippen LogP contribution in [0.15, 0.2) is 6.20 Å². The number of hydrogen-bond donors (Lipinski definition) is 1. The molecule has 0 aliphatic carbocycles. The first kappa shape index (κ1) is 10.5. The summed E-state index contributed by atoms with van der Waals surface area (Å²) in [7, 11) is 2.11. The summed E-state index contributed by atoms with van der Waals surface area (Å²) in [5.41, 5.74) is 1.27. The molecule has 0 radical (unpaired) electrons. The van der Waals surface area contributed by atoms with Gasteiger partial charge in [0.1, 0.15) is 5.00 Å². The summed E-state index contributed by atoms with van der Waals surface area (Å²) in [4.78, 5) is 2.25. The van der Waals surface area contributed by atoms with Crippen LogP contribution in [0, 0.1) is 6.92 Å². The van der Waals surface area contributed by atoms with Crippen molar-refractivity contribution in [2.24, 2.45) is 0 Å². The van der Waals surface area contributed by atoms with E-state index in [1.807, 2.05) is 6.20 Å². The summed E-state index contributed by atoms with van der Waals surface area (Å²) < 4.78 is 4.15. The van der Waals surface area contributed by atoms with Crippen molar-refractivity contribution in [1.82, 2.24) is 9.69 Å². The molecule has 0 atom stereocenters. The number of nitrogens with one attached hydrogen (secondary N) is 1. The minimum atomic E-state index is 1.03. The first-order valence-electron chi connectivity index (χ1n) is 4.58. The highest BCUT2D eigenvalue weighted by Gasteiger charge is 2.05. The summed E-state index contributed by atoms with van der Waals surface area (Å²) >= 11 is 1.56. The number of anilines is 1. The average molecular weight is 199 g/mol. The molecule has 3 nitrogen and oxygen atoms in total. The van der Waals surface area contributed by atoms with Crippen LogP contribution in [0.3, 0.4) is 0 Å². The molecule has 74 valence electrons. The summed E-state index contributed by atoms with van der Waals surface area (Å²) in [5, 5.41) is 4.58. The molecular formula is C9H17N3S. The van der Waals surface area contributed by atoms with Crippen molar-refractivity contribution >= 4 is 16.5 Å². The normalized spacial score (nSPS) is 10.4. The van der Waals surface area contributed by atoms with Crippen LogP contribution in [-0.2, 0) is 0 Å². The van der Waals surface area contributed by atoms with Crippen LogP contribution in [0.2, 0.25) is 0 Å². The van der Waals surface area contributed by atoms with E-state index in [2.05, 4.69) is 35.5 Å². The van der Waals surface area contributed by atoms with E-state index < -0.39 is 0 Å². The van der Waals surface area contributed by atoms with Crippen molar-refractivity contribution in [2.75, 3.05) is 31.6 Å². The maximum atomic E-state index is 4.15. The Labute approximate surface area is 83.9 Å². The standard InChI is InChI=1S/C9H17N3S/c1-4-10-5-6-12(3)9-8(2)7-11-13-9/h7,10H,4-6H2,1-3H3. The van der Waals surface area contributed by atoms with E-state index in [9.17, 15) is 0 Å². The lowest BCUT2D eigenvalue weighted by Gasteiger charge is -2.17. The van der Waals surface area contributed by atoms with Gasteiger partial charge in [-0.2, -0.15) is 4.37 Å². The van der Waals surface area contributed by atoms with Gasteiger partial charge in [0, 0.05) is 31.9 Å². The van der Waals surface area contributed by atoms with Gasteiger partial charge in [0.25, 0.3) is 0 Å². The van der Waals surface area contributed by atoms with Gasteiger partial charge in [-0.15, -0.1) is 0 Å². The van der Waals surface area contributed by atoms with E-state index in [0.717, 1.165) is 19.6 Å². The molecule has 0 aliphatic heterocycles. The summed E-state index contributed by atoms with van der Waals surface area (Å²) in [6, 6.07) is 0. The molecule has 1 N–H and O–H groups in total. The molecule has 1 heterocycles. The second-order valence-corrected chi connectivity index (χ2v) is 3.87. The van der Waals surface area contributed by atoms with Gasteiger partial charge in [-0.3, -0.25) is 0 Å². The Balaban J connectivity index is 2.39. The predicted molar refractivity (Wildman–Crippen MR) is 58.7 cm³/mol. The minimum Gasteiger partial charge on any atom is -0.364 e. The first-order valence-corrected chi connectivity index (χ1v) is 5.36. The predicted octanol–water partition coefficient (Wildman–Crippen LogP) is 1.50. The van der Waals surface area contributed by atoms with Gasteiger partial charge in [-0.05, 0) is 25.0 Å². The molecule has 0 saturated carbocycles. The van der Waals surface area contributed by atoms with Gasteiger partial charge in [0.2, 0.25) is 0 Å². The molecule has 1 aromatic heterocycles. The van der Waals surface area contributed by atoms with E-state index in [1.165, 1.54) is 10.6 Å². The fourth-order valence-electron chi connectivity index (χ4n) is 1.18. The van der Waals surface area contributed by atoms with Gasteiger partial charge >= 0.3 is 0 Å². The number of hydrogen-bond acceptors (Lipinski definition) is 4. The van der Waals surface area contributed by atoms with Crippen LogP contribution < -0.4 is 10.2 Å². The van der Waals surface area contributed by atoms with Crippen molar-refractivity contribution in [3.63, 3.8) is 0 Å². The number of aryl methyl sites for hydroxylation is 1. The molecule has 13 heavy (non-hydrogen) atoms. The molecule has 0 bridgehead atoms. The third kappa shape index (κ3) is 2.97.